The number of hydrogen-bond acceptors (Lipinski definition) is 7. The molecule has 1 aromatic rings. The molecular formula is C34H55N3O7. The molecule has 10 heteroatoms. The lowest BCUT2D eigenvalue weighted by Crippen LogP contribution is -2.61. The van der Waals surface area contributed by atoms with Crippen molar-refractivity contribution in [3.8, 4) is 0 Å². The van der Waals surface area contributed by atoms with E-state index in [-0.39, 0.29) is 25.0 Å². The topological polar surface area (TPSA) is 114 Å². The lowest BCUT2D eigenvalue weighted by Gasteiger charge is -2.39. The Labute approximate surface area is 264 Å². The maximum Gasteiger partial charge on any atom is 0.410 e. The Kier molecular flexibility index (Phi) is 14.6. The van der Waals surface area contributed by atoms with Crippen molar-refractivity contribution in [2.24, 2.45) is 11.3 Å². The van der Waals surface area contributed by atoms with E-state index in [1.165, 1.54) is 11.9 Å². The first-order valence-corrected chi connectivity index (χ1v) is 15.2. The molecule has 248 valence electrons. The predicted molar refractivity (Wildman–Crippen MR) is 172 cm³/mol. The van der Waals surface area contributed by atoms with E-state index in [9.17, 15) is 19.2 Å². The van der Waals surface area contributed by atoms with E-state index >= 15 is 0 Å². The lowest BCUT2D eigenvalue weighted by atomic mass is 9.84. The van der Waals surface area contributed by atoms with E-state index in [1.807, 2.05) is 65.0 Å². The van der Waals surface area contributed by atoms with Gasteiger partial charge >= 0.3 is 12.1 Å². The van der Waals surface area contributed by atoms with Crippen molar-refractivity contribution in [1.82, 2.24) is 15.1 Å². The first-order valence-electron chi connectivity index (χ1n) is 15.2. The van der Waals surface area contributed by atoms with Gasteiger partial charge in [-0.2, -0.15) is 0 Å². The number of nitrogens with zero attached hydrogens (tertiary/aromatic N) is 2. The smallest absolute Gasteiger partial charge is 0.410 e. The third-order valence-electron chi connectivity index (χ3n) is 7.06. The van der Waals surface area contributed by atoms with Gasteiger partial charge in [0, 0.05) is 19.7 Å². The Hall–Kier alpha value is -3.40. The maximum absolute atomic E-state index is 14.1. The Morgan fingerprint density at radius 2 is 1.50 bits per heavy atom. The summed E-state index contributed by atoms with van der Waals surface area (Å²) in [6.45, 7) is 20.3. The predicted octanol–water partition coefficient (Wildman–Crippen LogP) is 5.35. The number of amides is 3. The Balaban J connectivity index is 3.41. The fraction of sp³-hybridized carbons (Fsp3) is 0.647. The van der Waals surface area contributed by atoms with Crippen molar-refractivity contribution in [3.05, 3.63) is 47.5 Å². The molecule has 0 heterocycles. The molecule has 4 atom stereocenters. The second-order valence-electron chi connectivity index (χ2n) is 13.6. The Bertz CT molecular complexity index is 1140. The van der Waals surface area contributed by atoms with Crippen molar-refractivity contribution in [1.29, 1.82) is 0 Å². The largest absolute Gasteiger partial charge is 0.463 e. The van der Waals surface area contributed by atoms with Gasteiger partial charge in [0.25, 0.3) is 0 Å². The first kappa shape index (κ1) is 38.6. The van der Waals surface area contributed by atoms with E-state index in [0.717, 1.165) is 5.56 Å². The number of likely N-dealkylation sites (N-methyl/N-ethyl adjacent to an activating group) is 2. The van der Waals surface area contributed by atoms with Crippen LogP contribution in [0, 0.1) is 11.3 Å². The van der Waals surface area contributed by atoms with Crippen molar-refractivity contribution in [3.63, 3.8) is 0 Å². The fourth-order valence-electron chi connectivity index (χ4n) is 4.59. The SMILES string of the molecule is CCOC(=O)/C(C)=C/[C@H](C(C)C)N(C)C(=O)[C@@H](NC(=O)[C@H](C(C)OCc1ccccc1)N(C)C(=O)OC(C)(C)C)C(C)(C)C. The van der Waals surface area contributed by atoms with E-state index in [0.29, 0.717) is 5.57 Å². The summed E-state index contributed by atoms with van der Waals surface area (Å²) < 4.78 is 16.8. The van der Waals surface area contributed by atoms with Gasteiger partial charge in [0.2, 0.25) is 11.8 Å². The summed E-state index contributed by atoms with van der Waals surface area (Å²) >= 11 is 0. The van der Waals surface area contributed by atoms with Crippen LogP contribution in [0.5, 0.6) is 0 Å². The van der Waals surface area contributed by atoms with Gasteiger partial charge in [0.15, 0.2) is 0 Å². The van der Waals surface area contributed by atoms with Crippen LogP contribution < -0.4 is 5.32 Å². The lowest BCUT2D eigenvalue weighted by molar-refractivity contribution is -0.143. The van der Waals surface area contributed by atoms with Crippen LogP contribution in [-0.4, -0.2) is 84.2 Å². The van der Waals surface area contributed by atoms with Gasteiger partial charge in [0.05, 0.1) is 25.4 Å². The highest BCUT2D eigenvalue weighted by molar-refractivity contribution is 5.92. The minimum atomic E-state index is -1.11. The number of ether oxygens (including phenoxy) is 3. The molecule has 3 amide bonds. The molecule has 0 radical (unpaired) electrons. The first-order chi connectivity index (χ1) is 20.2. The second kappa shape index (κ2) is 16.6. The third kappa shape index (κ3) is 11.9. The summed E-state index contributed by atoms with van der Waals surface area (Å²) in [6.07, 6.45) is 0.281. The van der Waals surface area contributed by atoms with Crippen molar-refractivity contribution >= 4 is 23.9 Å². The van der Waals surface area contributed by atoms with E-state index in [1.54, 1.807) is 59.6 Å². The van der Waals surface area contributed by atoms with Crippen LogP contribution in [0.1, 0.15) is 81.7 Å². The summed E-state index contributed by atoms with van der Waals surface area (Å²) in [4.78, 5) is 56.3. The number of carbonyl (C=O) groups is 4. The van der Waals surface area contributed by atoms with Crippen LogP contribution in [-0.2, 0) is 35.2 Å². The molecule has 1 N–H and O–H groups in total. The number of benzene rings is 1. The molecule has 0 aromatic heterocycles. The van der Waals surface area contributed by atoms with Gasteiger partial charge in [-0.3, -0.25) is 14.5 Å². The number of esters is 1. The highest BCUT2D eigenvalue weighted by Gasteiger charge is 2.41. The van der Waals surface area contributed by atoms with Gasteiger partial charge in [-0.25, -0.2) is 9.59 Å². The molecule has 0 fully saturated rings. The highest BCUT2D eigenvalue weighted by Crippen LogP contribution is 2.25. The van der Waals surface area contributed by atoms with Gasteiger partial charge in [-0.05, 0) is 58.4 Å². The van der Waals surface area contributed by atoms with E-state index in [2.05, 4.69) is 5.32 Å². The summed E-state index contributed by atoms with van der Waals surface area (Å²) in [5.41, 5.74) is -0.182. The van der Waals surface area contributed by atoms with E-state index < -0.39 is 53.2 Å². The molecule has 0 spiro atoms. The highest BCUT2D eigenvalue weighted by atomic mass is 16.6. The molecule has 0 aliphatic rings. The van der Waals surface area contributed by atoms with Crippen LogP contribution in [0.3, 0.4) is 0 Å². The molecule has 10 nitrogen and oxygen atoms in total. The average Bonchev–Trinajstić information content (AvgIpc) is 2.91. The van der Waals surface area contributed by atoms with Crippen molar-refractivity contribution in [2.75, 3.05) is 20.7 Å². The zero-order valence-electron chi connectivity index (χ0n) is 29.0. The molecule has 1 aromatic carbocycles. The summed E-state index contributed by atoms with van der Waals surface area (Å²) in [5.74, 6) is -1.38. The van der Waals surface area contributed by atoms with Crippen LogP contribution in [0.4, 0.5) is 4.79 Å². The van der Waals surface area contributed by atoms with Crippen molar-refractivity contribution < 1.29 is 33.4 Å². The molecule has 0 saturated carbocycles. The van der Waals surface area contributed by atoms with E-state index in [4.69, 9.17) is 14.2 Å². The molecule has 0 aliphatic heterocycles. The summed E-state index contributed by atoms with van der Waals surface area (Å²) in [7, 11) is 3.14. The van der Waals surface area contributed by atoms with Gasteiger partial charge < -0.3 is 24.4 Å². The zero-order valence-corrected chi connectivity index (χ0v) is 29.0. The molecule has 44 heavy (non-hydrogen) atoms. The van der Waals surface area contributed by atoms with Gasteiger partial charge in [-0.1, -0.05) is 71.0 Å². The number of carbonyl (C=O) groups excluding carboxylic acids is 4. The monoisotopic (exact) mass is 617 g/mol. The van der Waals surface area contributed by atoms with Gasteiger partial charge in [0.1, 0.15) is 17.7 Å². The van der Waals surface area contributed by atoms with Crippen molar-refractivity contribution in [2.45, 2.75) is 113 Å². The summed E-state index contributed by atoms with van der Waals surface area (Å²) in [6, 6.07) is 6.99. The standard InChI is InChI=1S/C34H55N3O7/c1-14-42-31(40)23(4)20-26(22(2)3)36(12)30(39)28(33(6,7)8)35-29(38)27(37(13)32(41)44-34(9,10)11)24(5)43-21-25-18-16-15-17-19-25/h15-20,22,24,26-28H,14,21H2,1-13H3,(H,35,38)/b23-20+/t24?,26-,27+,28-/m1/s1. The maximum atomic E-state index is 14.1. The van der Waals surface area contributed by atoms with Crippen LogP contribution >= 0.6 is 0 Å². The van der Waals surface area contributed by atoms with Crippen LogP contribution in [0.25, 0.3) is 0 Å². The Morgan fingerprint density at radius 1 is 0.932 bits per heavy atom. The van der Waals surface area contributed by atoms with Crippen LogP contribution in [0.15, 0.2) is 42.0 Å². The Morgan fingerprint density at radius 3 is 1.98 bits per heavy atom. The number of hydrogen-bond donors (Lipinski definition) is 1. The normalized spacial score (nSPS) is 15.1. The molecule has 1 unspecified atom stereocenters. The zero-order chi connectivity index (χ0) is 34.0. The molecule has 0 aliphatic carbocycles. The van der Waals surface area contributed by atoms with Gasteiger partial charge in [-0.15, -0.1) is 0 Å². The minimum Gasteiger partial charge on any atom is -0.463 e. The molecular weight excluding hydrogens is 562 g/mol. The van der Waals surface area contributed by atoms with Crippen LogP contribution in [0.2, 0.25) is 0 Å². The average molecular weight is 618 g/mol. The molecule has 1 rings (SSSR count). The third-order valence-corrected chi connectivity index (χ3v) is 7.06. The quantitative estimate of drug-likeness (QED) is 0.234. The minimum absolute atomic E-state index is 0.0397. The summed E-state index contributed by atoms with van der Waals surface area (Å²) in [5, 5.41) is 2.93. The number of rotatable bonds is 13. The number of nitrogens with one attached hydrogen (secondary N) is 1. The molecule has 0 bridgehead atoms. The molecule has 0 saturated heterocycles. The fourth-order valence-corrected chi connectivity index (χ4v) is 4.59. The second-order valence-corrected chi connectivity index (χ2v) is 13.6.